The van der Waals surface area contributed by atoms with Crippen LogP contribution in [0.2, 0.25) is 0 Å². The van der Waals surface area contributed by atoms with Gasteiger partial charge in [-0.3, -0.25) is 9.78 Å². The van der Waals surface area contributed by atoms with Crippen LogP contribution in [0.15, 0.2) is 36.4 Å². The molecule has 7 heteroatoms. The molecule has 3 aromatic rings. The molecule has 1 saturated heterocycles. The van der Waals surface area contributed by atoms with Gasteiger partial charge in [0.05, 0.1) is 0 Å². The molecule has 0 unspecified atom stereocenters. The van der Waals surface area contributed by atoms with Gasteiger partial charge in [-0.25, -0.2) is 14.1 Å². The lowest BCUT2D eigenvalue weighted by Gasteiger charge is -2.32. The van der Waals surface area contributed by atoms with Gasteiger partial charge >= 0.3 is 0 Å². The van der Waals surface area contributed by atoms with Crippen LogP contribution in [0.1, 0.15) is 41.8 Å². The van der Waals surface area contributed by atoms with Gasteiger partial charge in [-0.15, -0.1) is 0 Å². The van der Waals surface area contributed by atoms with Crippen LogP contribution < -0.4 is 0 Å². The predicted octanol–water partition coefficient (Wildman–Crippen LogP) is 3.81. The van der Waals surface area contributed by atoms with Crippen molar-refractivity contribution in [3.05, 3.63) is 65.3 Å². The Balaban J connectivity index is 1.43. The molecule has 0 saturated carbocycles. The molecule has 0 radical (unpaired) electrons. The molecule has 0 atom stereocenters. The molecule has 1 aliphatic heterocycles. The zero-order chi connectivity index (χ0) is 21.3. The number of pyridine rings is 1. The maximum absolute atomic E-state index is 13.3. The molecule has 4 rings (SSSR count). The summed E-state index contributed by atoms with van der Waals surface area (Å²) in [6.45, 7) is 7.32. The molecule has 1 aliphatic rings. The second kappa shape index (κ2) is 8.34. The highest BCUT2D eigenvalue weighted by Gasteiger charge is 2.25. The number of nitrogens with zero attached hydrogens (tertiary/aromatic N) is 5. The number of amides is 1. The third-order valence-corrected chi connectivity index (χ3v) is 5.66. The Bertz CT molecular complexity index is 1050. The first kappa shape index (κ1) is 20.2. The second-order valence-corrected chi connectivity index (χ2v) is 7.95. The average Bonchev–Trinajstić information content (AvgIpc) is 3.04. The number of aromatic nitrogens is 4. The summed E-state index contributed by atoms with van der Waals surface area (Å²) < 4.78 is 14.9. The molecule has 0 spiro atoms. The molecule has 0 aliphatic carbocycles. The molecule has 0 bridgehead atoms. The van der Waals surface area contributed by atoms with Crippen molar-refractivity contribution in [3.63, 3.8) is 0 Å². The van der Waals surface area contributed by atoms with Crippen molar-refractivity contribution in [3.8, 4) is 11.1 Å². The first-order valence-corrected chi connectivity index (χ1v) is 10.3. The number of carbonyl (C=O) groups excluding carboxylic acids is 1. The molecule has 1 fully saturated rings. The summed E-state index contributed by atoms with van der Waals surface area (Å²) in [5, 5.41) is 4.29. The Morgan fingerprint density at radius 2 is 1.73 bits per heavy atom. The third kappa shape index (κ3) is 4.40. The summed E-state index contributed by atoms with van der Waals surface area (Å²) in [5.74, 6) is 1.58. The van der Waals surface area contributed by atoms with Crippen molar-refractivity contribution >= 4 is 5.91 Å². The van der Waals surface area contributed by atoms with Gasteiger partial charge in [-0.1, -0.05) is 12.1 Å². The van der Waals surface area contributed by atoms with Gasteiger partial charge in [0.2, 0.25) is 5.91 Å². The lowest BCUT2D eigenvalue weighted by atomic mass is 9.91. The van der Waals surface area contributed by atoms with E-state index in [1.165, 1.54) is 12.1 Å². The minimum atomic E-state index is -0.238. The summed E-state index contributed by atoms with van der Waals surface area (Å²) in [7, 11) is 0. The normalized spacial score (nSPS) is 14.9. The molecule has 30 heavy (non-hydrogen) atoms. The van der Waals surface area contributed by atoms with Crippen LogP contribution in [0.5, 0.6) is 0 Å². The van der Waals surface area contributed by atoms with E-state index in [1.54, 1.807) is 16.8 Å². The van der Waals surface area contributed by atoms with E-state index in [2.05, 4.69) is 16.1 Å². The van der Waals surface area contributed by atoms with Crippen molar-refractivity contribution in [1.82, 2.24) is 24.6 Å². The summed E-state index contributed by atoms with van der Waals surface area (Å²) in [6, 6.07) is 10.7. The Labute approximate surface area is 175 Å². The highest BCUT2D eigenvalue weighted by molar-refractivity contribution is 5.76. The van der Waals surface area contributed by atoms with Gasteiger partial charge < -0.3 is 4.90 Å². The number of halogens is 1. The Hall–Kier alpha value is -3.09. The van der Waals surface area contributed by atoms with Gasteiger partial charge in [0.1, 0.15) is 24.0 Å². The van der Waals surface area contributed by atoms with Crippen molar-refractivity contribution in [1.29, 1.82) is 0 Å². The maximum Gasteiger partial charge on any atom is 0.244 e. The van der Waals surface area contributed by atoms with E-state index in [4.69, 9.17) is 4.98 Å². The minimum absolute atomic E-state index is 0.0747. The van der Waals surface area contributed by atoms with Crippen LogP contribution in [0, 0.1) is 26.6 Å². The first-order chi connectivity index (χ1) is 14.4. The van der Waals surface area contributed by atoms with Gasteiger partial charge in [-0.05, 0) is 69.0 Å². The second-order valence-electron chi connectivity index (χ2n) is 7.95. The van der Waals surface area contributed by atoms with Crippen molar-refractivity contribution in [2.75, 3.05) is 13.1 Å². The monoisotopic (exact) mass is 407 g/mol. The number of likely N-dealkylation sites (tertiary alicyclic amines) is 1. The van der Waals surface area contributed by atoms with E-state index in [-0.39, 0.29) is 18.3 Å². The van der Waals surface area contributed by atoms with Crippen LogP contribution in [-0.4, -0.2) is 43.6 Å². The summed E-state index contributed by atoms with van der Waals surface area (Å²) >= 11 is 0. The van der Waals surface area contributed by atoms with Crippen LogP contribution in [0.3, 0.4) is 0 Å². The van der Waals surface area contributed by atoms with Crippen LogP contribution in [0.25, 0.3) is 11.1 Å². The third-order valence-electron chi connectivity index (χ3n) is 5.66. The average molecular weight is 407 g/mol. The zero-order valence-corrected chi connectivity index (χ0v) is 17.6. The Morgan fingerprint density at radius 1 is 1.03 bits per heavy atom. The molecule has 1 aromatic carbocycles. The number of rotatable bonds is 4. The van der Waals surface area contributed by atoms with Gasteiger partial charge in [0.15, 0.2) is 0 Å². The fraction of sp³-hybridized carbons (Fsp3) is 0.391. The lowest BCUT2D eigenvalue weighted by Crippen LogP contribution is -2.40. The van der Waals surface area contributed by atoms with Crippen molar-refractivity contribution < 1.29 is 9.18 Å². The highest BCUT2D eigenvalue weighted by Crippen LogP contribution is 2.30. The molecule has 156 valence electrons. The minimum Gasteiger partial charge on any atom is -0.341 e. The van der Waals surface area contributed by atoms with Gasteiger partial charge in [0.25, 0.3) is 0 Å². The zero-order valence-electron chi connectivity index (χ0n) is 17.6. The number of piperidine rings is 1. The van der Waals surface area contributed by atoms with Crippen molar-refractivity contribution in [2.24, 2.45) is 0 Å². The van der Waals surface area contributed by atoms with Crippen LogP contribution in [0.4, 0.5) is 4.39 Å². The number of hydrogen-bond acceptors (Lipinski definition) is 4. The summed E-state index contributed by atoms with van der Waals surface area (Å²) in [6.07, 6.45) is 1.75. The van der Waals surface area contributed by atoms with E-state index in [9.17, 15) is 9.18 Å². The highest BCUT2D eigenvalue weighted by atomic mass is 19.1. The van der Waals surface area contributed by atoms with E-state index in [1.807, 2.05) is 31.7 Å². The molecular weight excluding hydrogens is 381 g/mol. The number of benzene rings is 1. The van der Waals surface area contributed by atoms with Gasteiger partial charge in [0, 0.05) is 30.4 Å². The molecule has 6 nitrogen and oxygen atoms in total. The van der Waals surface area contributed by atoms with E-state index >= 15 is 0 Å². The summed E-state index contributed by atoms with van der Waals surface area (Å²) in [4.78, 5) is 23.6. The Morgan fingerprint density at radius 3 is 2.37 bits per heavy atom. The van der Waals surface area contributed by atoms with Crippen LogP contribution in [-0.2, 0) is 11.3 Å². The number of aryl methyl sites for hydroxylation is 3. The van der Waals surface area contributed by atoms with E-state index in [0.717, 1.165) is 41.2 Å². The smallest absolute Gasteiger partial charge is 0.244 e. The SMILES string of the molecule is Cc1cc(-c2ccc(F)cc2)cc(C2CCN(C(=O)Cn3nc(C)nc3C)CC2)n1. The fourth-order valence-corrected chi connectivity index (χ4v) is 4.08. The Kier molecular flexibility index (Phi) is 5.61. The van der Waals surface area contributed by atoms with Crippen molar-refractivity contribution in [2.45, 2.75) is 46.1 Å². The fourth-order valence-electron chi connectivity index (χ4n) is 4.08. The number of carbonyl (C=O) groups is 1. The molecular formula is C23H26FN5O. The maximum atomic E-state index is 13.3. The molecule has 2 aromatic heterocycles. The first-order valence-electron chi connectivity index (χ1n) is 10.3. The lowest BCUT2D eigenvalue weighted by molar-refractivity contribution is -0.133. The number of hydrogen-bond donors (Lipinski definition) is 0. The summed E-state index contributed by atoms with van der Waals surface area (Å²) in [5.41, 5.74) is 4.02. The topological polar surface area (TPSA) is 63.9 Å². The van der Waals surface area contributed by atoms with E-state index in [0.29, 0.717) is 24.8 Å². The standard InChI is InChI=1S/C23H26FN5O/c1-15-12-20(18-4-6-21(24)7-5-18)13-22(25-15)19-8-10-28(11-9-19)23(30)14-29-17(3)26-16(2)27-29/h4-7,12-13,19H,8-11,14H2,1-3H3. The van der Waals surface area contributed by atoms with E-state index < -0.39 is 0 Å². The van der Waals surface area contributed by atoms with Crippen LogP contribution >= 0.6 is 0 Å². The molecule has 0 N–H and O–H groups in total. The van der Waals surface area contributed by atoms with Gasteiger partial charge in [-0.2, -0.15) is 5.10 Å². The quantitative estimate of drug-likeness (QED) is 0.660. The molecule has 3 heterocycles. The molecule has 1 amide bonds. The predicted molar refractivity (Wildman–Crippen MR) is 112 cm³/mol. The largest absolute Gasteiger partial charge is 0.341 e.